The Morgan fingerprint density at radius 1 is 1.14 bits per heavy atom. The third-order valence-electron chi connectivity index (χ3n) is 4.23. The number of nitrogens with one attached hydrogen (secondary N) is 1. The Morgan fingerprint density at radius 3 is 2.61 bits per heavy atom. The largest absolute Gasteiger partial charge is 0.467 e. The highest BCUT2D eigenvalue weighted by Gasteiger charge is 2.19. The SMILES string of the molecule is Cc1cc(C(=O)OCC(=O)Nc2ccc(F)c(F)c2)c(C)n1Cc1ccco1. The Labute approximate surface area is 159 Å². The number of aryl methyl sites for hydroxylation is 1. The van der Waals surface area contributed by atoms with Crippen LogP contribution in [0.2, 0.25) is 0 Å². The molecule has 0 atom stereocenters. The van der Waals surface area contributed by atoms with Crippen LogP contribution in [0.1, 0.15) is 27.5 Å². The van der Waals surface area contributed by atoms with Gasteiger partial charge in [-0.2, -0.15) is 0 Å². The van der Waals surface area contributed by atoms with Gasteiger partial charge in [0.05, 0.1) is 18.4 Å². The highest BCUT2D eigenvalue weighted by Crippen LogP contribution is 2.18. The van der Waals surface area contributed by atoms with Gasteiger partial charge in [0.1, 0.15) is 5.76 Å². The number of anilines is 1. The topological polar surface area (TPSA) is 73.5 Å². The van der Waals surface area contributed by atoms with Crippen LogP contribution in [0.3, 0.4) is 0 Å². The normalized spacial score (nSPS) is 10.7. The van der Waals surface area contributed by atoms with Crippen LogP contribution >= 0.6 is 0 Å². The molecule has 0 bridgehead atoms. The molecule has 146 valence electrons. The van der Waals surface area contributed by atoms with Crippen LogP contribution in [0.5, 0.6) is 0 Å². The Morgan fingerprint density at radius 2 is 1.93 bits per heavy atom. The minimum Gasteiger partial charge on any atom is -0.467 e. The molecule has 0 spiro atoms. The van der Waals surface area contributed by atoms with Gasteiger partial charge in [0.2, 0.25) is 0 Å². The molecule has 1 aromatic carbocycles. The molecule has 1 N–H and O–H groups in total. The Kier molecular flexibility index (Phi) is 5.58. The Balaban J connectivity index is 1.61. The average molecular weight is 388 g/mol. The molecular weight excluding hydrogens is 370 g/mol. The van der Waals surface area contributed by atoms with E-state index in [1.165, 1.54) is 6.07 Å². The number of aromatic nitrogens is 1. The predicted octanol–water partition coefficient (Wildman–Crippen LogP) is 3.82. The number of benzene rings is 1. The Hall–Kier alpha value is -3.42. The van der Waals surface area contributed by atoms with Crippen molar-refractivity contribution < 1.29 is 27.5 Å². The van der Waals surface area contributed by atoms with Gasteiger partial charge >= 0.3 is 5.97 Å². The molecule has 28 heavy (non-hydrogen) atoms. The summed E-state index contributed by atoms with van der Waals surface area (Å²) < 4.78 is 38.3. The van der Waals surface area contributed by atoms with E-state index in [4.69, 9.17) is 9.15 Å². The van der Waals surface area contributed by atoms with E-state index in [0.717, 1.165) is 23.6 Å². The number of esters is 1. The molecule has 0 unspecified atom stereocenters. The number of amides is 1. The maximum absolute atomic E-state index is 13.2. The van der Waals surface area contributed by atoms with Crippen molar-refractivity contribution in [2.45, 2.75) is 20.4 Å². The van der Waals surface area contributed by atoms with Crippen LogP contribution < -0.4 is 5.32 Å². The fraction of sp³-hybridized carbons (Fsp3) is 0.200. The van der Waals surface area contributed by atoms with E-state index < -0.39 is 30.1 Å². The molecule has 0 aliphatic rings. The minimum atomic E-state index is -1.08. The first-order chi connectivity index (χ1) is 13.3. The van der Waals surface area contributed by atoms with Crippen LogP contribution in [0, 0.1) is 25.5 Å². The smallest absolute Gasteiger partial charge is 0.340 e. The summed E-state index contributed by atoms with van der Waals surface area (Å²) in [6, 6.07) is 8.24. The molecule has 1 amide bonds. The van der Waals surface area contributed by atoms with Gasteiger partial charge in [0.25, 0.3) is 5.91 Å². The van der Waals surface area contributed by atoms with Gasteiger partial charge < -0.3 is 19.0 Å². The van der Waals surface area contributed by atoms with Gasteiger partial charge in [0, 0.05) is 23.1 Å². The lowest BCUT2D eigenvalue weighted by molar-refractivity contribution is -0.119. The van der Waals surface area contributed by atoms with Crippen molar-refractivity contribution in [3.63, 3.8) is 0 Å². The third kappa shape index (κ3) is 4.28. The molecule has 2 heterocycles. The number of carbonyl (C=O) groups excluding carboxylic acids is 2. The molecule has 2 aromatic heterocycles. The number of nitrogens with zero attached hydrogens (tertiary/aromatic N) is 1. The second-order valence-electron chi connectivity index (χ2n) is 6.20. The van der Waals surface area contributed by atoms with E-state index in [9.17, 15) is 18.4 Å². The highest BCUT2D eigenvalue weighted by atomic mass is 19.2. The standard InChI is InChI=1S/C20H18F2N2O4/c1-12-8-16(13(2)24(12)10-15-4-3-7-27-15)20(26)28-11-19(25)23-14-5-6-17(21)18(22)9-14/h3-9H,10-11H2,1-2H3,(H,23,25). The fourth-order valence-electron chi connectivity index (χ4n) is 2.79. The summed E-state index contributed by atoms with van der Waals surface area (Å²) in [4.78, 5) is 24.2. The second kappa shape index (κ2) is 8.08. The first-order valence-corrected chi connectivity index (χ1v) is 8.46. The summed E-state index contributed by atoms with van der Waals surface area (Å²) in [6.45, 7) is 3.53. The summed E-state index contributed by atoms with van der Waals surface area (Å²) in [5, 5.41) is 2.34. The average Bonchev–Trinajstić information content (AvgIpc) is 3.26. The van der Waals surface area contributed by atoms with Gasteiger partial charge in [-0.05, 0) is 44.2 Å². The molecule has 0 saturated carbocycles. The van der Waals surface area contributed by atoms with Crippen molar-refractivity contribution in [2.24, 2.45) is 0 Å². The molecule has 0 saturated heterocycles. The van der Waals surface area contributed by atoms with Crippen LogP contribution in [0.4, 0.5) is 14.5 Å². The van der Waals surface area contributed by atoms with E-state index in [-0.39, 0.29) is 5.69 Å². The van der Waals surface area contributed by atoms with Gasteiger partial charge in [-0.15, -0.1) is 0 Å². The number of rotatable bonds is 6. The molecular formula is C20H18F2N2O4. The number of halogens is 2. The van der Waals surface area contributed by atoms with Gasteiger partial charge in [-0.1, -0.05) is 0 Å². The summed E-state index contributed by atoms with van der Waals surface area (Å²) in [5.41, 5.74) is 1.92. The molecule has 6 nitrogen and oxygen atoms in total. The van der Waals surface area contributed by atoms with Crippen molar-refractivity contribution in [3.05, 3.63) is 77.0 Å². The molecule has 0 radical (unpaired) electrons. The first-order valence-electron chi connectivity index (χ1n) is 8.46. The number of furan rings is 1. The van der Waals surface area contributed by atoms with Crippen LogP contribution in [0.25, 0.3) is 0 Å². The van der Waals surface area contributed by atoms with Crippen molar-refractivity contribution in [1.29, 1.82) is 0 Å². The molecule has 3 rings (SSSR count). The van der Waals surface area contributed by atoms with Crippen molar-refractivity contribution in [2.75, 3.05) is 11.9 Å². The highest BCUT2D eigenvalue weighted by molar-refractivity contribution is 5.96. The number of hydrogen-bond donors (Lipinski definition) is 1. The van der Waals surface area contributed by atoms with Crippen molar-refractivity contribution >= 4 is 17.6 Å². The van der Waals surface area contributed by atoms with Crippen LogP contribution in [-0.2, 0) is 16.1 Å². The van der Waals surface area contributed by atoms with E-state index in [1.807, 2.05) is 17.6 Å². The van der Waals surface area contributed by atoms with Gasteiger partial charge in [0.15, 0.2) is 18.2 Å². The zero-order chi connectivity index (χ0) is 20.3. The maximum atomic E-state index is 13.2. The first kappa shape index (κ1) is 19.3. The summed E-state index contributed by atoms with van der Waals surface area (Å²) in [5.74, 6) is -2.68. The monoisotopic (exact) mass is 388 g/mol. The van der Waals surface area contributed by atoms with Crippen LogP contribution in [0.15, 0.2) is 47.1 Å². The molecule has 3 aromatic rings. The van der Waals surface area contributed by atoms with Crippen molar-refractivity contribution in [3.8, 4) is 0 Å². The Bertz CT molecular complexity index is 1010. The lowest BCUT2D eigenvalue weighted by Gasteiger charge is -2.09. The fourth-order valence-corrected chi connectivity index (χ4v) is 2.79. The number of carbonyl (C=O) groups is 2. The summed E-state index contributed by atoms with van der Waals surface area (Å²) in [7, 11) is 0. The molecule has 0 aliphatic heterocycles. The van der Waals surface area contributed by atoms with E-state index in [0.29, 0.717) is 17.8 Å². The van der Waals surface area contributed by atoms with E-state index in [1.54, 1.807) is 25.3 Å². The predicted molar refractivity (Wildman–Crippen MR) is 97.0 cm³/mol. The van der Waals surface area contributed by atoms with E-state index in [2.05, 4.69) is 5.32 Å². The van der Waals surface area contributed by atoms with Gasteiger partial charge in [-0.25, -0.2) is 13.6 Å². The van der Waals surface area contributed by atoms with E-state index >= 15 is 0 Å². The molecule has 0 fully saturated rings. The van der Waals surface area contributed by atoms with Crippen LogP contribution in [-0.4, -0.2) is 23.1 Å². The quantitative estimate of drug-likeness (QED) is 0.652. The zero-order valence-corrected chi connectivity index (χ0v) is 15.3. The molecule has 0 aliphatic carbocycles. The summed E-state index contributed by atoms with van der Waals surface area (Å²) >= 11 is 0. The lowest BCUT2D eigenvalue weighted by Crippen LogP contribution is -2.21. The number of hydrogen-bond acceptors (Lipinski definition) is 4. The maximum Gasteiger partial charge on any atom is 0.340 e. The summed E-state index contributed by atoms with van der Waals surface area (Å²) in [6.07, 6.45) is 1.57. The lowest BCUT2D eigenvalue weighted by atomic mass is 10.2. The number of ether oxygens (including phenoxy) is 1. The van der Waals surface area contributed by atoms with Gasteiger partial charge in [-0.3, -0.25) is 4.79 Å². The molecule has 8 heteroatoms. The second-order valence-corrected chi connectivity index (χ2v) is 6.20. The van der Waals surface area contributed by atoms with Crippen molar-refractivity contribution in [1.82, 2.24) is 4.57 Å². The zero-order valence-electron chi connectivity index (χ0n) is 15.3. The minimum absolute atomic E-state index is 0.0663. The third-order valence-corrected chi connectivity index (χ3v) is 4.23.